The highest BCUT2D eigenvalue weighted by atomic mass is 32.2. The number of anilines is 1. The van der Waals surface area contributed by atoms with Gasteiger partial charge in [0.15, 0.2) is 11.5 Å². The van der Waals surface area contributed by atoms with Crippen LogP contribution in [-0.2, 0) is 15.8 Å². The number of halogens is 3. The second-order valence-corrected chi connectivity index (χ2v) is 10.1. The van der Waals surface area contributed by atoms with E-state index in [1.165, 1.54) is 31.4 Å². The standard InChI is InChI=1S/C28H22F3N3O7S/c1-15-4-7-19(16(2)10-15)32-25(35)14-33-26(36)24(42-27(33)37)12-17-5-8-22(23(11-17)40-3)41-21-9-6-18(28(29,30)31)13-20(21)34(38)39/h4-13H,14H2,1-3H3,(H,32,35)/b24-12+. The van der Waals surface area contributed by atoms with Gasteiger partial charge < -0.3 is 14.8 Å². The number of rotatable bonds is 8. The van der Waals surface area contributed by atoms with Crippen LogP contribution >= 0.6 is 11.8 Å². The van der Waals surface area contributed by atoms with Crippen molar-refractivity contribution >= 4 is 46.3 Å². The molecule has 1 fully saturated rings. The highest BCUT2D eigenvalue weighted by Gasteiger charge is 2.37. The van der Waals surface area contributed by atoms with E-state index in [0.29, 0.717) is 35.1 Å². The number of carbonyl (C=O) groups excluding carboxylic acids is 3. The molecule has 42 heavy (non-hydrogen) atoms. The number of thioether (sulfide) groups is 1. The third kappa shape index (κ3) is 6.71. The second kappa shape index (κ2) is 11.9. The lowest BCUT2D eigenvalue weighted by Gasteiger charge is -2.14. The van der Waals surface area contributed by atoms with Gasteiger partial charge in [-0.3, -0.25) is 29.4 Å². The number of hydrogen-bond acceptors (Lipinski definition) is 8. The van der Waals surface area contributed by atoms with E-state index in [4.69, 9.17) is 9.47 Å². The number of imide groups is 1. The van der Waals surface area contributed by atoms with Crippen LogP contribution in [0.4, 0.5) is 29.3 Å². The Morgan fingerprint density at radius 3 is 2.40 bits per heavy atom. The second-order valence-electron chi connectivity index (χ2n) is 9.08. The van der Waals surface area contributed by atoms with Gasteiger partial charge in [0.25, 0.3) is 11.1 Å². The van der Waals surface area contributed by atoms with Crippen LogP contribution in [0, 0.1) is 24.0 Å². The maximum absolute atomic E-state index is 13.0. The van der Waals surface area contributed by atoms with Crippen LogP contribution in [0.15, 0.2) is 59.5 Å². The zero-order chi connectivity index (χ0) is 30.8. The maximum Gasteiger partial charge on any atom is 0.416 e. The average molecular weight is 602 g/mol. The lowest BCUT2D eigenvalue weighted by atomic mass is 10.1. The average Bonchev–Trinajstić information content (AvgIpc) is 3.17. The first-order chi connectivity index (χ1) is 19.8. The number of amides is 3. The molecule has 4 rings (SSSR count). The maximum atomic E-state index is 13.0. The van der Waals surface area contributed by atoms with E-state index in [-0.39, 0.29) is 16.4 Å². The Labute approximate surface area is 241 Å². The predicted molar refractivity (Wildman–Crippen MR) is 148 cm³/mol. The zero-order valence-electron chi connectivity index (χ0n) is 22.3. The number of benzene rings is 3. The molecule has 0 aliphatic carbocycles. The topological polar surface area (TPSA) is 128 Å². The van der Waals surface area contributed by atoms with E-state index in [2.05, 4.69) is 5.32 Å². The number of nitro benzene ring substituents is 1. The quantitative estimate of drug-likeness (QED) is 0.172. The predicted octanol–water partition coefficient (Wildman–Crippen LogP) is 6.71. The Hall–Kier alpha value is -4.85. The van der Waals surface area contributed by atoms with Gasteiger partial charge in [-0.25, -0.2) is 0 Å². The van der Waals surface area contributed by atoms with Gasteiger partial charge in [0.2, 0.25) is 11.7 Å². The van der Waals surface area contributed by atoms with Crippen LogP contribution < -0.4 is 14.8 Å². The van der Waals surface area contributed by atoms with E-state index in [1.807, 2.05) is 26.0 Å². The number of carbonyl (C=O) groups is 3. The normalized spacial score (nSPS) is 14.3. The first kappa shape index (κ1) is 30.1. The van der Waals surface area contributed by atoms with Crippen molar-refractivity contribution in [2.24, 2.45) is 0 Å². The number of nitrogens with zero attached hydrogens (tertiary/aromatic N) is 2. The fourth-order valence-electron chi connectivity index (χ4n) is 3.97. The summed E-state index contributed by atoms with van der Waals surface area (Å²) in [6.45, 7) is 3.24. The largest absolute Gasteiger partial charge is 0.493 e. The molecule has 3 aromatic rings. The summed E-state index contributed by atoms with van der Waals surface area (Å²) < 4.78 is 49.8. The Morgan fingerprint density at radius 1 is 1.05 bits per heavy atom. The molecule has 1 aliphatic rings. The van der Waals surface area contributed by atoms with Gasteiger partial charge in [0.05, 0.1) is 22.5 Å². The molecule has 1 heterocycles. The van der Waals surface area contributed by atoms with E-state index in [1.54, 1.807) is 6.07 Å². The number of alkyl halides is 3. The summed E-state index contributed by atoms with van der Waals surface area (Å²) in [5.41, 5.74) is 0.674. The first-order valence-corrected chi connectivity index (χ1v) is 12.9. The molecular weight excluding hydrogens is 579 g/mol. The Bertz CT molecular complexity index is 1640. The molecule has 0 aromatic heterocycles. The number of nitro groups is 1. The monoisotopic (exact) mass is 601 g/mol. The summed E-state index contributed by atoms with van der Waals surface area (Å²) in [5, 5.41) is 13.4. The van der Waals surface area contributed by atoms with Crippen molar-refractivity contribution in [3.8, 4) is 17.2 Å². The minimum absolute atomic E-state index is 0.0356. The molecular formula is C28H22F3N3O7S. The van der Waals surface area contributed by atoms with Crippen LogP contribution in [0.2, 0.25) is 0 Å². The van der Waals surface area contributed by atoms with Crippen LogP contribution in [-0.4, -0.2) is 40.5 Å². The molecule has 0 atom stereocenters. The lowest BCUT2D eigenvalue weighted by Crippen LogP contribution is -2.36. The number of ether oxygens (including phenoxy) is 2. The van der Waals surface area contributed by atoms with Gasteiger partial charge in [-0.15, -0.1) is 0 Å². The highest BCUT2D eigenvalue weighted by molar-refractivity contribution is 8.18. The lowest BCUT2D eigenvalue weighted by molar-refractivity contribution is -0.385. The van der Waals surface area contributed by atoms with Gasteiger partial charge >= 0.3 is 11.9 Å². The zero-order valence-corrected chi connectivity index (χ0v) is 23.1. The molecule has 1 aliphatic heterocycles. The molecule has 0 bridgehead atoms. The number of hydrogen-bond donors (Lipinski definition) is 1. The van der Waals surface area contributed by atoms with Gasteiger partial charge in [0, 0.05) is 11.8 Å². The summed E-state index contributed by atoms with van der Waals surface area (Å²) in [5.74, 6) is -1.68. The van der Waals surface area contributed by atoms with Crippen molar-refractivity contribution in [3.05, 3.63) is 91.9 Å². The molecule has 3 amide bonds. The SMILES string of the molecule is COc1cc(/C=C2/SC(=O)N(CC(=O)Nc3ccc(C)cc3C)C2=O)ccc1Oc1ccc(C(F)(F)F)cc1[N+](=O)[O-]. The van der Waals surface area contributed by atoms with Crippen molar-refractivity contribution in [1.29, 1.82) is 0 Å². The molecule has 218 valence electrons. The van der Waals surface area contributed by atoms with E-state index < -0.39 is 51.7 Å². The van der Waals surface area contributed by atoms with Crippen molar-refractivity contribution < 1.29 is 42.0 Å². The molecule has 14 heteroatoms. The minimum atomic E-state index is -4.79. The van der Waals surface area contributed by atoms with Crippen LogP contribution in [0.3, 0.4) is 0 Å². The Morgan fingerprint density at radius 2 is 1.76 bits per heavy atom. The van der Waals surface area contributed by atoms with Crippen molar-refractivity contribution in [3.63, 3.8) is 0 Å². The Kier molecular flexibility index (Phi) is 8.56. The fourth-order valence-corrected chi connectivity index (χ4v) is 4.81. The smallest absolute Gasteiger partial charge is 0.416 e. The molecule has 3 aromatic carbocycles. The van der Waals surface area contributed by atoms with Crippen LogP contribution in [0.5, 0.6) is 17.2 Å². The molecule has 0 radical (unpaired) electrons. The van der Waals surface area contributed by atoms with E-state index in [9.17, 15) is 37.7 Å². The van der Waals surface area contributed by atoms with Crippen LogP contribution in [0.1, 0.15) is 22.3 Å². The minimum Gasteiger partial charge on any atom is -0.493 e. The van der Waals surface area contributed by atoms with E-state index >= 15 is 0 Å². The van der Waals surface area contributed by atoms with Gasteiger partial charge in [-0.1, -0.05) is 23.8 Å². The van der Waals surface area contributed by atoms with Crippen molar-refractivity contribution in [1.82, 2.24) is 4.90 Å². The van der Waals surface area contributed by atoms with Crippen LogP contribution in [0.25, 0.3) is 6.08 Å². The summed E-state index contributed by atoms with van der Waals surface area (Å²) in [4.78, 5) is 49.2. The van der Waals surface area contributed by atoms with Gasteiger partial charge in [0.1, 0.15) is 6.54 Å². The third-order valence-electron chi connectivity index (χ3n) is 6.02. The number of nitrogens with one attached hydrogen (secondary N) is 1. The summed E-state index contributed by atoms with van der Waals surface area (Å²) in [7, 11) is 1.27. The number of aryl methyl sites for hydroxylation is 2. The van der Waals surface area contributed by atoms with Gasteiger partial charge in [-0.2, -0.15) is 13.2 Å². The van der Waals surface area contributed by atoms with Crippen molar-refractivity contribution in [2.75, 3.05) is 19.0 Å². The summed E-state index contributed by atoms with van der Waals surface area (Å²) in [6.07, 6.45) is -3.40. The van der Waals surface area contributed by atoms with E-state index in [0.717, 1.165) is 22.1 Å². The molecule has 10 nitrogen and oxygen atoms in total. The third-order valence-corrected chi connectivity index (χ3v) is 6.93. The molecule has 0 saturated carbocycles. The first-order valence-electron chi connectivity index (χ1n) is 12.1. The molecule has 0 unspecified atom stereocenters. The molecule has 1 saturated heterocycles. The molecule has 0 spiro atoms. The summed E-state index contributed by atoms with van der Waals surface area (Å²) >= 11 is 0.638. The Balaban J connectivity index is 1.51. The number of methoxy groups -OCH3 is 1. The summed E-state index contributed by atoms with van der Waals surface area (Å²) in [6, 6.07) is 11.5. The van der Waals surface area contributed by atoms with Gasteiger partial charge in [-0.05, 0) is 73.1 Å². The highest BCUT2D eigenvalue weighted by Crippen LogP contribution is 2.41. The molecule has 1 N–H and O–H groups in total. The van der Waals surface area contributed by atoms with Crippen molar-refractivity contribution in [2.45, 2.75) is 20.0 Å². The fraction of sp³-hybridized carbons (Fsp3) is 0.179.